The average Bonchev–Trinajstić information content (AvgIpc) is 2.17. The predicted octanol–water partition coefficient (Wildman–Crippen LogP) is 2.42. The molecule has 2 nitrogen and oxygen atoms in total. The molecule has 0 aliphatic carbocycles. The van der Waals surface area contributed by atoms with E-state index in [2.05, 4.69) is 20.8 Å². The molecule has 0 aromatic rings. The van der Waals surface area contributed by atoms with E-state index >= 15 is 0 Å². The summed E-state index contributed by atoms with van der Waals surface area (Å²) in [4.78, 5) is 11.1. The summed E-state index contributed by atoms with van der Waals surface area (Å²) in [5, 5.41) is 0. The van der Waals surface area contributed by atoms with E-state index in [9.17, 15) is 4.79 Å². The lowest BCUT2D eigenvalue weighted by atomic mass is 9.77. The van der Waals surface area contributed by atoms with Crippen LogP contribution in [0.1, 0.15) is 40.0 Å². The highest BCUT2D eigenvalue weighted by atomic mass is 16.5. The molecule has 2 unspecified atom stereocenters. The zero-order valence-electron chi connectivity index (χ0n) is 8.88. The van der Waals surface area contributed by atoms with Crippen molar-refractivity contribution < 1.29 is 9.53 Å². The molecule has 13 heavy (non-hydrogen) atoms. The Hall–Kier alpha value is -0.370. The van der Waals surface area contributed by atoms with Crippen molar-refractivity contribution >= 4 is 6.29 Å². The minimum absolute atomic E-state index is 0.324. The molecule has 1 rings (SSSR count). The van der Waals surface area contributed by atoms with Crippen molar-refractivity contribution in [2.75, 3.05) is 6.61 Å². The van der Waals surface area contributed by atoms with Crippen molar-refractivity contribution in [3.63, 3.8) is 0 Å². The lowest BCUT2D eigenvalue weighted by molar-refractivity contribution is -0.150. The van der Waals surface area contributed by atoms with E-state index in [0.29, 0.717) is 11.8 Å². The first-order valence-corrected chi connectivity index (χ1v) is 5.22. The van der Waals surface area contributed by atoms with Gasteiger partial charge < -0.3 is 9.53 Å². The molecule has 0 aromatic heterocycles. The fourth-order valence-electron chi connectivity index (χ4n) is 1.96. The lowest BCUT2D eigenvalue weighted by Gasteiger charge is -2.39. The van der Waals surface area contributed by atoms with Gasteiger partial charge in [0.2, 0.25) is 0 Å². The maximum atomic E-state index is 11.1. The molecular weight excluding hydrogens is 164 g/mol. The van der Waals surface area contributed by atoms with Crippen molar-refractivity contribution in [1.82, 2.24) is 0 Å². The average molecular weight is 184 g/mol. The van der Waals surface area contributed by atoms with E-state index in [-0.39, 0.29) is 0 Å². The number of hydrogen-bond acceptors (Lipinski definition) is 2. The molecule has 1 heterocycles. The van der Waals surface area contributed by atoms with Crippen LogP contribution in [-0.4, -0.2) is 18.5 Å². The highest BCUT2D eigenvalue weighted by Gasteiger charge is 2.39. The third kappa shape index (κ3) is 2.11. The van der Waals surface area contributed by atoms with Crippen LogP contribution in [0.3, 0.4) is 0 Å². The molecule has 76 valence electrons. The first-order chi connectivity index (χ1) is 6.12. The van der Waals surface area contributed by atoms with Gasteiger partial charge in [-0.3, -0.25) is 0 Å². The van der Waals surface area contributed by atoms with Gasteiger partial charge in [-0.15, -0.1) is 0 Å². The fraction of sp³-hybridized carbons (Fsp3) is 0.909. The molecule has 1 aliphatic heterocycles. The number of ether oxygens (including phenoxy) is 1. The normalized spacial score (nSPS) is 31.7. The number of aldehydes is 1. The highest BCUT2D eigenvalue weighted by molar-refractivity contribution is 5.63. The van der Waals surface area contributed by atoms with E-state index in [4.69, 9.17) is 4.74 Å². The first kappa shape index (κ1) is 10.7. The molecule has 0 radical (unpaired) electrons. The molecule has 0 saturated carbocycles. The van der Waals surface area contributed by atoms with E-state index in [1.165, 1.54) is 0 Å². The summed E-state index contributed by atoms with van der Waals surface area (Å²) in [5.74, 6) is 0.827. The van der Waals surface area contributed by atoms with Gasteiger partial charge in [0.1, 0.15) is 5.60 Å². The summed E-state index contributed by atoms with van der Waals surface area (Å²) < 4.78 is 5.67. The Morgan fingerprint density at radius 3 is 2.38 bits per heavy atom. The molecule has 2 atom stereocenters. The molecule has 0 aromatic carbocycles. The van der Waals surface area contributed by atoms with Gasteiger partial charge in [-0.05, 0) is 31.1 Å². The summed E-state index contributed by atoms with van der Waals surface area (Å²) in [5.41, 5.74) is -0.480. The van der Waals surface area contributed by atoms with Crippen LogP contribution in [0.4, 0.5) is 0 Å². The minimum Gasteiger partial charge on any atom is -0.367 e. The van der Waals surface area contributed by atoms with Crippen LogP contribution in [0, 0.1) is 11.8 Å². The van der Waals surface area contributed by atoms with Crippen LogP contribution in [0.2, 0.25) is 0 Å². The smallest absolute Gasteiger partial charge is 0.152 e. The molecule has 1 fully saturated rings. The maximum Gasteiger partial charge on any atom is 0.152 e. The van der Waals surface area contributed by atoms with Gasteiger partial charge in [-0.25, -0.2) is 0 Å². The number of carbonyl (C=O) groups is 1. The Morgan fingerprint density at radius 1 is 1.31 bits per heavy atom. The maximum absolute atomic E-state index is 11.1. The van der Waals surface area contributed by atoms with Gasteiger partial charge in [0.15, 0.2) is 6.29 Å². The second kappa shape index (κ2) is 4.23. The summed E-state index contributed by atoms with van der Waals surface area (Å²) in [6.07, 6.45) is 4.14. The van der Waals surface area contributed by atoms with Crippen LogP contribution in [0.15, 0.2) is 0 Å². The molecule has 0 N–H and O–H groups in total. The van der Waals surface area contributed by atoms with Gasteiger partial charge in [0.05, 0.1) is 0 Å². The molecular formula is C11H20O2. The molecule has 1 saturated heterocycles. The van der Waals surface area contributed by atoms with Gasteiger partial charge in [0.25, 0.3) is 0 Å². The molecule has 0 amide bonds. The van der Waals surface area contributed by atoms with E-state index in [0.717, 1.165) is 32.2 Å². The van der Waals surface area contributed by atoms with E-state index in [1.54, 1.807) is 0 Å². The Balaban J connectivity index is 2.72. The molecule has 2 heteroatoms. The monoisotopic (exact) mass is 184 g/mol. The van der Waals surface area contributed by atoms with Crippen LogP contribution in [0.5, 0.6) is 0 Å². The second-order valence-corrected chi connectivity index (χ2v) is 4.41. The standard InChI is InChI=1S/C11H20O2/c1-9(2)10(3)11(8-12)6-4-5-7-13-11/h8-10H,4-7H2,1-3H3. The SMILES string of the molecule is CC(C)C(C)C1(C=O)CCCCO1. The summed E-state index contributed by atoms with van der Waals surface area (Å²) in [6, 6.07) is 0. The highest BCUT2D eigenvalue weighted by Crippen LogP contribution is 2.34. The van der Waals surface area contributed by atoms with Crippen molar-refractivity contribution in [2.24, 2.45) is 11.8 Å². The van der Waals surface area contributed by atoms with Gasteiger partial charge in [-0.2, -0.15) is 0 Å². The largest absolute Gasteiger partial charge is 0.367 e. The quantitative estimate of drug-likeness (QED) is 0.630. The molecule has 0 bridgehead atoms. The Labute approximate surface area is 80.7 Å². The number of rotatable bonds is 3. The second-order valence-electron chi connectivity index (χ2n) is 4.41. The third-order valence-corrected chi connectivity index (χ3v) is 3.30. The van der Waals surface area contributed by atoms with Crippen molar-refractivity contribution in [3.05, 3.63) is 0 Å². The summed E-state index contributed by atoms with van der Waals surface area (Å²) >= 11 is 0. The Bertz CT molecular complexity index is 169. The zero-order chi connectivity index (χ0) is 9.90. The van der Waals surface area contributed by atoms with Crippen molar-refractivity contribution in [1.29, 1.82) is 0 Å². The summed E-state index contributed by atoms with van der Waals surface area (Å²) in [7, 11) is 0. The Morgan fingerprint density at radius 2 is 2.00 bits per heavy atom. The number of hydrogen-bond donors (Lipinski definition) is 0. The molecule has 0 spiro atoms. The zero-order valence-corrected chi connectivity index (χ0v) is 8.88. The Kier molecular flexibility index (Phi) is 3.48. The first-order valence-electron chi connectivity index (χ1n) is 5.22. The van der Waals surface area contributed by atoms with Crippen LogP contribution in [-0.2, 0) is 9.53 Å². The topological polar surface area (TPSA) is 26.3 Å². The fourth-order valence-corrected chi connectivity index (χ4v) is 1.96. The summed E-state index contributed by atoms with van der Waals surface area (Å²) in [6.45, 7) is 7.15. The van der Waals surface area contributed by atoms with Crippen molar-refractivity contribution in [2.45, 2.75) is 45.6 Å². The van der Waals surface area contributed by atoms with Crippen molar-refractivity contribution in [3.8, 4) is 0 Å². The van der Waals surface area contributed by atoms with E-state index < -0.39 is 5.60 Å². The third-order valence-electron chi connectivity index (χ3n) is 3.30. The van der Waals surface area contributed by atoms with Gasteiger partial charge in [0, 0.05) is 6.61 Å². The van der Waals surface area contributed by atoms with Crippen LogP contribution < -0.4 is 0 Å². The molecule has 1 aliphatic rings. The lowest BCUT2D eigenvalue weighted by Crippen LogP contribution is -2.46. The van der Waals surface area contributed by atoms with Gasteiger partial charge in [-0.1, -0.05) is 20.8 Å². The van der Waals surface area contributed by atoms with Crippen LogP contribution >= 0.6 is 0 Å². The van der Waals surface area contributed by atoms with Gasteiger partial charge >= 0.3 is 0 Å². The van der Waals surface area contributed by atoms with Crippen LogP contribution in [0.25, 0.3) is 0 Å². The van der Waals surface area contributed by atoms with E-state index in [1.807, 2.05) is 0 Å². The number of carbonyl (C=O) groups excluding carboxylic acids is 1. The minimum atomic E-state index is -0.480. The predicted molar refractivity (Wildman–Crippen MR) is 52.6 cm³/mol.